The lowest BCUT2D eigenvalue weighted by atomic mass is 10.1. The van der Waals surface area contributed by atoms with Crippen LogP contribution in [0.4, 0.5) is 4.39 Å². The molecule has 0 bridgehead atoms. The average Bonchev–Trinajstić information content (AvgIpc) is 3.07. The van der Waals surface area contributed by atoms with E-state index in [0.717, 1.165) is 28.9 Å². The van der Waals surface area contributed by atoms with Crippen LogP contribution in [0, 0.1) is 29.0 Å². The van der Waals surface area contributed by atoms with Crippen molar-refractivity contribution in [2.45, 2.75) is 19.3 Å². The SMILES string of the molecule is N#CCCCC#Cc1cc(-c2ccccc2)oc1-c1ccc(F)cc1. The van der Waals surface area contributed by atoms with Crippen LogP contribution in [0.3, 0.4) is 0 Å². The van der Waals surface area contributed by atoms with Crippen LogP contribution in [0.1, 0.15) is 24.8 Å². The highest BCUT2D eigenvalue weighted by molar-refractivity contribution is 5.71. The summed E-state index contributed by atoms with van der Waals surface area (Å²) in [7, 11) is 0. The van der Waals surface area contributed by atoms with Crippen molar-refractivity contribution in [1.29, 1.82) is 5.26 Å². The number of nitriles is 1. The van der Waals surface area contributed by atoms with Crippen LogP contribution in [0.2, 0.25) is 0 Å². The summed E-state index contributed by atoms with van der Waals surface area (Å²) in [5.74, 6) is 7.28. The Labute approximate surface area is 146 Å². The van der Waals surface area contributed by atoms with Gasteiger partial charge in [-0.1, -0.05) is 42.2 Å². The summed E-state index contributed by atoms with van der Waals surface area (Å²) >= 11 is 0. The molecule has 3 rings (SSSR count). The van der Waals surface area contributed by atoms with Gasteiger partial charge in [-0.05, 0) is 30.7 Å². The van der Waals surface area contributed by atoms with Crippen molar-refractivity contribution in [2.75, 3.05) is 0 Å². The Bertz CT molecular complexity index is 938. The van der Waals surface area contributed by atoms with E-state index in [-0.39, 0.29) is 5.82 Å². The van der Waals surface area contributed by atoms with Crippen LogP contribution in [0.15, 0.2) is 65.1 Å². The minimum Gasteiger partial charge on any atom is -0.455 e. The molecule has 2 aromatic carbocycles. The molecule has 0 aliphatic heterocycles. The van der Waals surface area contributed by atoms with Gasteiger partial charge in [-0.3, -0.25) is 0 Å². The molecule has 0 aliphatic carbocycles. The van der Waals surface area contributed by atoms with Crippen LogP contribution >= 0.6 is 0 Å². The monoisotopic (exact) mass is 329 g/mol. The van der Waals surface area contributed by atoms with Gasteiger partial charge in [0.1, 0.15) is 17.3 Å². The van der Waals surface area contributed by atoms with E-state index in [1.54, 1.807) is 12.1 Å². The molecule has 0 fully saturated rings. The molecule has 0 saturated heterocycles. The van der Waals surface area contributed by atoms with Crippen LogP contribution in [0.25, 0.3) is 22.6 Å². The van der Waals surface area contributed by atoms with E-state index in [1.165, 1.54) is 12.1 Å². The quantitative estimate of drug-likeness (QED) is 0.448. The zero-order valence-corrected chi connectivity index (χ0v) is 13.6. The molecule has 0 amide bonds. The number of hydrogen-bond acceptors (Lipinski definition) is 2. The van der Waals surface area contributed by atoms with Gasteiger partial charge in [0.05, 0.1) is 11.6 Å². The smallest absolute Gasteiger partial charge is 0.150 e. The predicted molar refractivity (Wildman–Crippen MR) is 95.9 cm³/mol. The van der Waals surface area contributed by atoms with Gasteiger partial charge >= 0.3 is 0 Å². The van der Waals surface area contributed by atoms with Crippen molar-refractivity contribution in [1.82, 2.24) is 0 Å². The number of hydrogen-bond donors (Lipinski definition) is 0. The fourth-order valence-corrected chi connectivity index (χ4v) is 2.46. The second kappa shape index (κ2) is 7.99. The fraction of sp³-hybridized carbons (Fsp3) is 0.136. The van der Waals surface area contributed by atoms with E-state index in [1.807, 2.05) is 36.4 Å². The molecule has 122 valence electrons. The normalized spacial score (nSPS) is 9.92. The second-order valence-corrected chi connectivity index (χ2v) is 5.54. The van der Waals surface area contributed by atoms with Crippen molar-refractivity contribution in [2.24, 2.45) is 0 Å². The summed E-state index contributed by atoms with van der Waals surface area (Å²) in [6.45, 7) is 0. The van der Waals surface area contributed by atoms with E-state index >= 15 is 0 Å². The van der Waals surface area contributed by atoms with E-state index < -0.39 is 0 Å². The van der Waals surface area contributed by atoms with Gasteiger partial charge in [-0.2, -0.15) is 5.26 Å². The first kappa shape index (κ1) is 16.6. The molecule has 3 heteroatoms. The zero-order chi connectivity index (χ0) is 17.5. The standard InChI is InChI=1S/C22H16FNO/c23-20-13-11-18(12-14-20)22-19(10-4-1-2-7-15-24)16-21(25-22)17-8-5-3-6-9-17/h3,5-6,8-9,11-14,16H,1-2,7H2. The Hall–Kier alpha value is -3.30. The van der Waals surface area contributed by atoms with Crippen molar-refractivity contribution in [3.63, 3.8) is 0 Å². The zero-order valence-electron chi connectivity index (χ0n) is 13.6. The second-order valence-electron chi connectivity index (χ2n) is 5.54. The topological polar surface area (TPSA) is 36.9 Å². The van der Waals surface area contributed by atoms with Crippen LogP contribution in [0.5, 0.6) is 0 Å². The highest BCUT2D eigenvalue weighted by Gasteiger charge is 2.13. The predicted octanol–water partition coefficient (Wildman–Crippen LogP) is 5.80. The molecule has 0 aliphatic rings. The Balaban J connectivity index is 1.97. The van der Waals surface area contributed by atoms with Gasteiger partial charge in [0.15, 0.2) is 0 Å². The van der Waals surface area contributed by atoms with Crippen LogP contribution in [-0.4, -0.2) is 0 Å². The lowest BCUT2D eigenvalue weighted by molar-refractivity contribution is 0.595. The van der Waals surface area contributed by atoms with E-state index in [0.29, 0.717) is 18.6 Å². The molecule has 1 heterocycles. The van der Waals surface area contributed by atoms with Crippen molar-refractivity contribution in [3.05, 3.63) is 72.0 Å². The molecule has 0 unspecified atom stereocenters. The molecule has 2 nitrogen and oxygen atoms in total. The maximum absolute atomic E-state index is 13.2. The highest BCUT2D eigenvalue weighted by Crippen LogP contribution is 2.32. The number of furan rings is 1. The molecule has 0 radical (unpaired) electrons. The first-order valence-electron chi connectivity index (χ1n) is 8.09. The van der Waals surface area contributed by atoms with E-state index in [9.17, 15) is 4.39 Å². The summed E-state index contributed by atoms with van der Waals surface area (Å²) in [5, 5.41) is 8.58. The summed E-state index contributed by atoms with van der Waals surface area (Å²) in [4.78, 5) is 0. The summed E-state index contributed by atoms with van der Waals surface area (Å²) in [6.07, 6.45) is 1.90. The minimum absolute atomic E-state index is 0.289. The lowest BCUT2D eigenvalue weighted by Crippen LogP contribution is -1.80. The molecule has 1 aromatic heterocycles. The molecule has 0 spiro atoms. The third-order valence-electron chi connectivity index (χ3n) is 3.71. The number of halogens is 1. The van der Waals surface area contributed by atoms with Crippen LogP contribution in [-0.2, 0) is 0 Å². The van der Waals surface area contributed by atoms with Gasteiger partial charge in [0.25, 0.3) is 0 Å². The van der Waals surface area contributed by atoms with E-state index in [2.05, 4.69) is 17.9 Å². The first-order valence-corrected chi connectivity index (χ1v) is 8.09. The third-order valence-corrected chi connectivity index (χ3v) is 3.71. The van der Waals surface area contributed by atoms with Gasteiger partial charge < -0.3 is 4.42 Å². The van der Waals surface area contributed by atoms with E-state index in [4.69, 9.17) is 9.68 Å². The third kappa shape index (κ3) is 4.16. The summed E-state index contributed by atoms with van der Waals surface area (Å²) in [6, 6.07) is 20.0. The van der Waals surface area contributed by atoms with Crippen LogP contribution < -0.4 is 0 Å². The number of nitrogens with zero attached hydrogens (tertiary/aromatic N) is 1. The lowest BCUT2D eigenvalue weighted by Gasteiger charge is -1.99. The Kier molecular flexibility index (Phi) is 5.29. The fourth-order valence-electron chi connectivity index (χ4n) is 2.46. The molecular weight excluding hydrogens is 313 g/mol. The maximum Gasteiger partial charge on any atom is 0.150 e. The molecule has 0 N–H and O–H groups in total. The number of rotatable bonds is 4. The van der Waals surface area contributed by atoms with Crippen molar-refractivity contribution in [3.8, 4) is 40.6 Å². The molecule has 3 aromatic rings. The van der Waals surface area contributed by atoms with Crippen molar-refractivity contribution < 1.29 is 8.81 Å². The number of benzene rings is 2. The largest absolute Gasteiger partial charge is 0.455 e. The number of unbranched alkanes of at least 4 members (excludes halogenated alkanes) is 2. The molecule has 0 saturated carbocycles. The minimum atomic E-state index is -0.289. The van der Waals surface area contributed by atoms with Gasteiger partial charge in [-0.25, -0.2) is 4.39 Å². The Morgan fingerprint density at radius 1 is 0.920 bits per heavy atom. The summed E-state index contributed by atoms with van der Waals surface area (Å²) < 4.78 is 19.2. The first-order chi connectivity index (χ1) is 12.3. The average molecular weight is 329 g/mol. The Morgan fingerprint density at radius 3 is 2.40 bits per heavy atom. The highest BCUT2D eigenvalue weighted by atomic mass is 19.1. The molecular formula is C22H16FNO. The maximum atomic E-state index is 13.2. The Morgan fingerprint density at radius 2 is 1.68 bits per heavy atom. The van der Waals surface area contributed by atoms with Gasteiger partial charge in [0, 0.05) is 30.0 Å². The summed E-state index contributed by atoms with van der Waals surface area (Å²) in [5.41, 5.74) is 2.51. The van der Waals surface area contributed by atoms with Gasteiger partial charge in [0.2, 0.25) is 0 Å². The van der Waals surface area contributed by atoms with Crippen molar-refractivity contribution >= 4 is 0 Å². The molecule has 25 heavy (non-hydrogen) atoms. The molecule has 0 atom stereocenters. The van der Waals surface area contributed by atoms with Gasteiger partial charge in [-0.15, -0.1) is 0 Å².